The van der Waals surface area contributed by atoms with Gasteiger partial charge in [0.05, 0.1) is 18.8 Å². The number of amides is 1. The Hall–Kier alpha value is -1.99. The minimum Gasteiger partial charge on any atom is -0.467 e. The van der Waals surface area contributed by atoms with Gasteiger partial charge in [0, 0.05) is 23.8 Å². The average Bonchev–Trinajstić information content (AvgIpc) is 2.77. The average molecular weight is 493 g/mol. The highest BCUT2D eigenvalue weighted by Crippen LogP contribution is 2.39. The maximum Gasteiger partial charge on any atom is 0.511 e. The molecule has 9 nitrogen and oxygen atoms in total. The summed E-state index contributed by atoms with van der Waals surface area (Å²) in [6.07, 6.45) is 4.78. The molecule has 33 heavy (non-hydrogen) atoms. The summed E-state index contributed by atoms with van der Waals surface area (Å²) in [4.78, 5) is 22.9. The molecule has 0 spiro atoms. The number of aryl methyl sites for hydroxylation is 1. The molecule has 4 aliphatic rings. The number of rotatable bonds is 2. The first-order chi connectivity index (χ1) is 15.6. The van der Waals surface area contributed by atoms with Crippen LogP contribution in [0.4, 0.5) is 13.2 Å². The fourth-order valence-corrected chi connectivity index (χ4v) is 5.80. The Bertz CT molecular complexity index is 982. The Balaban J connectivity index is 1.62. The largest absolute Gasteiger partial charge is 0.511 e. The summed E-state index contributed by atoms with van der Waals surface area (Å²) in [5.74, 6) is 0.0292. The van der Waals surface area contributed by atoms with E-state index in [0.717, 1.165) is 36.9 Å². The zero-order valence-corrected chi connectivity index (χ0v) is 19.0. The minimum atomic E-state index is -5.57. The highest BCUT2D eigenvalue weighted by molar-refractivity contribution is 7.90. The third-order valence-corrected chi connectivity index (χ3v) is 7.90. The Morgan fingerprint density at radius 1 is 1.15 bits per heavy atom. The number of nitrogens with zero attached hydrogens (tertiary/aromatic N) is 3. The Morgan fingerprint density at radius 3 is 2.58 bits per heavy atom. The van der Waals surface area contributed by atoms with E-state index in [1.54, 1.807) is 4.72 Å². The molecule has 0 aromatic carbocycles. The van der Waals surface area contributed by atoms with Gasteiger partial charge in [-0.25, -0.2) is 23.1 Å². The van der Waals surface area contributed by atoms with Crippen LogP contribution in [0.2, 0.25) is 0 Å². The number of piperidine rings is 1. The smallest absolute Gasteiger partial charge is 0.467 e. The first kappa shape index (κ1) is 24.1. The van der Waals surface area contributed by atoms with E-state index in [9.17, 15) is 26.4 Å². The molecule has 13 heteroatoms. The number of nitrogens with one attached hydrogen (secondary N) is 1. The van der Waals surface area contributed by atoms with Gasteiger partial charge in [-0.3, -0.25) is 4.79 Å². The van der Waals surface area contributed by atoms with E-state index in [4.69, 9.17) is 9.47 Å². The molecule has 2 atom stereocenters. The molecule has 2 fully saturated rings. The summed E-state index contributed by atoms with van der Waals surface area (Å²) in [7, 11) is -5.57. The predicted molar refractivity (Wildman–Crippen MR) is 110 cm³/mol. The summed E-state index contributed by atoms with van der Waals surface area (Å²) in [6.45, 7) is 1.71. The number of fused-ring (bicyclic) bond motifs is 5. The van der Waals surface area contributed by atoms with Gasteiger partial charge in [0.15, 0.2) is 6.61 Å². The molecular weight excluding hydrogens is 465 g/mol. The van der Waals surface area contributed by atoms with Crippen LogP contribution < -0.4 is 9.46 Å². The summed E-state index contributed by atoms with van der Waals surface area (Å²) in [6, 6.07) is -2.00. The molecule has 1 saturated carbocycles. The molecule has 1 N–H and O–H groups in total. The molecule has 1 aliphatic carbocycles. The van der Waals surface area contributed by atoms with Gasteiger partial charge in [-0.15, -0.1) is 0 Å². The van der Waals surface area contributed by atoms with Crippen molar-refractivity contribution in [3.63, 3.8) is 0 Å². The van der Waals surface area contributed by atoms with Crippen molar-refractivity contribution >= 4 is 15.9 Å². The van der Waals surface area contributed by atoms with Gasteiger partial charge in [-0.05, 0) is 51.4 Å². The molecule has 1 amide bonds. The SMILES string of the molecule is Cc1ncnc2c1C1CCC(CC1)OCC1C(NS(=O)(=O)C(F)(F)F)CCCN1C(=O)CO2. The predicted octanol–water partition coefficient (Wildman–Crippen LogP) is 2.02. The van der Waals surface area contributed by atoms with Crippen LogP contribution in [0, 0.1) is 6.92 Å². The van der Waals surface area contributed by atoms with E-state index < -0.39 is 33.5 Å². The highest BCUT2D eigenvalue weighted by Gasteiger charge is 2.49. The summed E-state index contributed by atoms with van der Waals surface area (Å²) in [5.41, 5.74) is -3.79. The lowest BCUT2D eigenvalue weighted by atomic mass is 9.82. The number of ether oxygens (including phenoxy) is 2. The van der Waals surface area contributed by atoms with Crippen LogP contribution in [0.5, 0.6) is 5.88 Å². The van der Waals surface area contributed by atoms with Crippen molar-refractivity contribution in [2.24, 2.45) is 0 Å². The van der Waals surface area contributed by atoms with Crippen molar-refractivity contribution in [2.45, 2.75) is 75.1 Å². The third kappa shape index (κ3) is 5.09. The fraction of sp³-hybridized carbons (Fsp3) is 0.750. The number of aromatic nitrogens is 2. The van der Waals surface area contributed by atoms with Crippen LogP contribution in [-0.2, 0) is 19.6 Å². The van der Waals surface area contributed by atoms with Gasteiger partial charge < -0.3 is 14.4 Å². The van der Waals surface area contributed by atoms with Gasteiger partial charge in [0.25, 0.3) is 5.91 Å². The van der Waals surface area contributed by atoms with E-state index in [1.807, 2.05) is 6.92 Å². The molecule has 2 unspecified atom stereocenters. The van der Waals surface area contributed by atoms with Crippen LogP contribution in [0.25, 0.3) is 0 Å². The Labute approximate surface area is 190 Å². The van der Waals surface area contributed by atoms with Crippen molar-refractivity contribution in [3.05, 3.63) is 17.6 Å². The lowest BCUT2D eigenvalue weighted by Gasteiger charge is -2.42. The quantitative estimate of drug-likeness (QED) is 0.673. The monoisotopic (exact) mass is 492 g/mol. The van der Waals surface area contributed by atoms with Crippen molar-refractivity contribution in [1.29, 1.82) is 0 Å². The number of alkyl halides is 3. The molecule has 1 aromatic rings. The summed E-state index contributed by atoms with van der Waals surface area (Å²) in [5, 5.41) is 0. The molecule has 184 valence electrons. The number of halogens is 3. The lowest BCUT2D eigenvalue weighted by Crippen LogP contribution is -2.60. The number of carbonyl (C=O) groups is 1. The molecule has 1 saturated heterocycles. The van der Waals surface area contributed by atoms with Crippen LogP contribution in [0.3, 0.4) is 0 Å². The zero-order chi connectivity index (χ0) is 23.8. The van der Waals surface area contributed by atoms with Gasteiger partial charge in [-0.2, -0.15) is 13.2 Å². The zero-order valence-electron chi connectivity index (χ0n) is 18.2. The normalized spacial score (nSPS) is 29.2. The molecule has 1 aromatic heterocycles. The van der Waals surface area contributed by atoms with Crippen molar-refractivity contribution < 1.29 is 35.9 Å². The molecule has 2 bridgehead atoms. The topological polar surface area (TPSA) is 111 Å². The van der Waals surface area contributed by atoms with Crippen molar-refractivity contribution in [3.8, 4) is 5.88 Å². The van der Waals surface area contributed by atoms with E-state index >= 15 is 0 Å². The highest BCUT2D eigenvalue weighted by atomic mass is 32.2. The maximum absolute atomic E-state index is 13.0. The van der Waals surface area contributed by atoms with E-state index in [-0.39, 0.29) is 38.2 Å². The van der Waals surface area contributed by atoms with Crippen LogP contribution >= 0.6 is 0 Å². The molecule has 4 heterocycles. The number of sulfonamides is 1. The second kappa shape index (κ2) is 9.34. The van der Waals surface area contributed by atoms with Crippen LogP contribution in [0.15, 0.2) is 6.33 Å². The molecule has 0 radical (unpaired) electrons. The number of hydrogen-bond acceptors (Lipinski definition) is 7. The molecular formula is C20H27F3N4O5S. The first-order valence-electron chi connectivity index (χ1n) is 11.0. The second-order valence-electron chi connectivity index (χ2n) is 8.74. The molecule has 5 rings (SSSR count). The number of carbonyl (C=O) groups excluding carboxylic acids is 1. The van der Waals surface area contributed by atoms with Crippen LogP contribution in [0.1, 0.15) is 55.7 Å². The van der Waals surface area contributed by atoms with Gasteiger partial charge in [0.2, 0.25) is 5.88 Å². The molecule has 3 aliphatic heterocycles. The Kier molecular flexibility index (Phi) is 6.83. The van der Waals surface area contributed by atoms with E-state index in [0.29, 0.717) is 12.3 Å². The summed E-state index contributed by atoms with van der Waals surface area (Å²) < 4.78 is 76.1. The third-order valence-electron chi connectivity index (χ3n) is 6.67. The second-order valence-corrected chi connectivity index (χ2v) is 10.4. The van der Waals surface area contributed by atoms with E-state index in [1.165, 1.54) is 11.2 Å². The lowest BCUT2D eigenvalue weighted by molar-refractivity contribution is -0.140. The Morgan fingerprint density at radius 2 is 1.88 bits per heavy atom. The summed E-state index contributed by atoms with van der Waals surface area (Å²) >= 11 is 0. The van der Waals surface area contributed by atoms with Gasteiger partial charge >= 0.3 is 15.5 Å². The maximum atomic E-state index is 13.0. The van der Waals surface area contributed by atoms with Crippen LogP contribution in [-0.4, -0.2) is 72.6 Å². The number of hydrogen-bond donors (Lipinski definition) is 1. The van der Waals surface area contributed by atoms with E-state index in [2.05, 4.69) is 9.97 Å². The fourth-order valence-electron chi connectivity index (χ4n) is 4.99. The first-order valence-corrected chi connectivity index (χ1v) is 12.5. The standard InChI is InChI=1S/C20H27F3N4O5S/c1-12-18-13-4-6-14(7-5-13)31-9-16-15(26-33(29,30)20(21,22)23)3-2-8-27(16)17(28)10-32-19(18)25-11-24-12/h11,13-16,26H,2-10H2,1H3. The van der Waals surface area contributed by atoms with Crippen molar-refractivity contribution in [1.82, 2.24) is 19.6 Å². The van der Waals surface area contributed by atoms with Gasteiger partial charge in [-0.1, -0.05) is 0 Å². The minimum absolute atomic E-state index is 0.0576. The van der Waals surface area contributed by atoms with Gasteiger partial charge in [0.1, 0.15) is 6.33 Å². The van der Waals surface area contributed by atoms with Crippen molar-refractivity contribution in [2.75, 3.05) is 19.8 Å².